The topological polar surface area (TPSA) is 9.23 Å². The molecule has 1 atom stereocenters. The van der Waals surface area contributed by atoms with Crippen LogP contribution in [0, 0.1) is 0 Å². The Bertz CT molecular complexity index is 1160. The Kier molecular flexibility index (Phi) is 7.98. The Morgan fingerprint density at radius 2 is 1.48 bits per heavy atom. The first-order valence-electron chi connectivity index (χ1n) is 12.2. The Balaban J connectivity index is 1.51. The summed E-state index contributed by atoms with van der Waals surface area (Å²) in [5.41, 5.74) is 5.32. The van der Waals surface area contributed by atoms with Crippen molar-refractivity contribution in [3.05, 3.63) is 115 Å². The van der Waals surface area contributed by atoms with Gasteiger partial charge in [0.2, 0.25) is 0 Å². The molecular weight excluding hydrogens is 400 g/mol. The fraction of sp³-hybridized carbons (Fsp3) is 0.250. The van der Waals surface area contributed by atoms with Gasteiger partial charge in [0.05, 0.1) is 0 Å². The molecule has 0 amide bonds. The van der Waals surface area contributed by atoms with Crippen LogP contribution in [0.5, 0.6) is 5.75 Å². The van der Waals surface area contributed by atoms with Gasteiger partial charge in [-0.2, -0.15) is 0 Å². The standard InChI is InChI=1S/C32H34O/c1-3-5-6-10-31(24-25-12-13-26-9-7-8-11-30(26)23-25)29-16-14-27(15-17-29)28-18-20-32(21-19-28)33-22-4-2/h4,7-9,11-21,23,31H,2-3,5-6,10,22,24H2,1H3. The van der Waals surface area contributed by atoms with E-state index in [2.05, 4.69) is 92.4 Å². The van der Waals surface area contributed by atoms with E-state index in [-0.39, 0.29) is 0 Å². The van der Waals surface area contributed by atoms with E-state index in [1.165, 1.54) is 58.7 Å². The molecule has 0 saturated carbocycles. The van der Waals surface area contributed by atoms with Crippen molar-refractivity contribution in [2.24, 2.45) is 0 Å². The zero-order chi connectivity index (χ0) is 22.9. The summed E-state index contributed by atoms with van der Waals surface area (Å²) >= 11 is 0. The first-order valence-corrected chi connectivity index (χ1v) is 12.2. The predicted molar refractivity (Wildman–Crippen MR) is 142 cm³/mol. The van der Waals surface area contributed by atoms with Crippen LogP contribution in [0.4, 0.5) is 0 Å². The minimum atomic E-state index is 0.532. The predicted octanol–water partition coefficient (Wildman–Crippen LogP) is 8.98. The average molecular weight is 435 g/mol. The molecule has 1 nitrogen and oxygen atoms in total. The molecule has 0 aliphatic heterocycles. The number of ether oxygens (including phenoxy) is 1. The van der Waals surface area contributed by atoms with Gasteiger partial charge in [0.25, 0.3) is 0 Å². The second-order valence-corrected chi connectivity index (χ2v) is 8.82. The number of unbranched alkanes of at least 4 members (excludes halogenated alkanes) is 2. The fourth-order valence-corrected chi connectivity index (χ4v) is 4.52. The first kappa shape index (κ1) is 22.9. The minimum Gasteiger partial charge on any atom is -0.490 e. The molecule has 0 aliphatic carbocycles. The van der Waals surface area contributed by atoms with E-state index in [0.29, 0.717) is 12.5 Å². The highest BCUT2D eigenvalue weighted by atomic mass is 16.5. The number of hydrogen-bond donors (Lipinski definition) is 0. The van der Waals surface area contributed by atoms with E-state index in [1.807, 2.05) is 12.1 Å². The van der Waals surface area contributed by atoms with Crippen molar-refractivity contribution >= 4 is 10.8 Å². The van der Waals surface area contributed by atoms with Crippen molar-refractivity contribution < 1.29 is 4.74 Å². The van der Waals surface area contributed by atoms with E-state index < -0.39 is 0 Å². The third-order valence-electron chi connectivity index (χ3n) is 6.39. The van der Waals surface area contributed by atoms with Crippen molar-refractivity contribution in [3.8, 4) is 16.9 Å². The summed E-state index contributed by atoms with van der Waals surface area (Å²) < 4.78 is 5.61. The lowest BCUT2D eigenvalue weighted by Gasteiger charge is -2.19. The van der Waals surface area contributed by atoms with Crippen LogP contribution >= 0.6 is 0 Å². The van der Waals surface area contributed by atoms with Crippen molar-refractivity contribution in [2.75, 3.05) is 6.61 Å². The van der Waals surface area contributed by atoms with Gasteiger partial charge in [-0.15, -0.1) is 0 Å². The van der Waals surface area contributed by atoms with Gasteiger partial charge < -0.3 is 4.74 Å². The van der Waals surface area contributed by atoms with Crippen LogP contribution in [0.2, 0.25) is 0 Å². The molecule has 0 spiro atoms. The van der Waals surface area contributed by atoms with Crippen molar-refractivity contribution in [2.45, 2.75) is 44.9 Å². The van der Waals surface area contributed by atoms with Gasteiger partial charge in [0, 0.05) is 0 Å². The molecule has 1 unspecified atom stereocenters. The van der Waals surface area contributed by atoms with Crippen LogP contribution in [-0.4, -0.2) is 6.61 Å². The zero-order valence-electron chi connectivity index (χ0n) is 19.7. The Morgan fingerprint density at radius 1 is 0.788 bits per heavy atom. The van der Waals surface area contributed by atoms with Crippen LogP contribution in [0.3, 0.4) is 0 Å². The van der Waals surface area contributed by atoms with Crippen molar-refractivity contribution in [1.29, 1.82) is 0 Å². The minimum absolute atomic E-state index is 0.532. The lowest BCUT2D eigenvalue weighted by Crippen LogP contribution is -2.04. The molecule has 0 fully saturated rings. The second-order valence-electron chi connectivity index (χ2n) is 8.82. The van der Waals surface area contributed by atoms with Gasteiger partial charge in [-0.1, -0.05) is 118 Å². The number of fused-ring (bicyclic) bond motifs is 1. The summed E-state index contributed by atoms with van der Waals surface area (Å²) in [5, 5.41) is 2.65. The molecule has 0 aromatic heterocycles. The van der Waals surface area contributed by atoms with Gasteiger partial charge in [-0.3, -0.25) is 0 Å². The molecule has 0 aliphatic rings. The van der Waals surface area contributed by atoms with Gasteiger partial charge in [-0.25, -0.2) is 0 Å². The summed E-state index contributed by atoms with van der Waals surface area (Å²) in [7, 11) is 0. The summed E-state index contributed by atoms with van der Waals surface area (Å²) in [6.07, 6.45) is 7.92. The molecular formula is C32H34O. The molecule has 4 aromatic rings. The molecule has 4 rings (SSSR count). The SMILES string of the molecule is C=CCOc1ccc(-c2ccc(C(CCCCC)Cc3ccc4ccccc4c3)cc2)cc1. The van der Waals surface area contributed by atoms with Crippen molar-refractivity contribution in [3.63, 3.8) is 0 Å². The van der Waals surface area contributed by atoms with Gasteiger partial charge >= 0.3 is 0 Å². The Morgan fingerprint density at radius 3 is 2.18 bits per heavy atom. The quantitative estimate of drug-likeness (QED) is 0.169. The van der Waals surface area contributed by atoms with Gasteiger partial charge in [-0.05, 0) is 63.9 Å². The summed E-state index contributed by atoms with van der Waals surface area (Å²) in [4.78, 5) is 0. The van der Waals surface area contributed by atoms with Crippen LogP contribution in [-0.2, 0) is 6.42 Å². The van der Waals surface area contributed by atoms with Crippen LogP contribution < -0.4 is 4.74 Å². The number of benzene rings is 4. The molecule has 0 N–H and O–H groups in total. The molecule has 0 radical (unpaired) electrons. The fourth-order valence-electron chi connectivity index (χ4n) is 4.52. The average Bonchev–Trinajstić information content (AvgIpc) is 2.87. The maximum Gasteiger partial charge on any atom is 0.119 e. The maximum atomic E-state index is 5.61. The van der Waals surface area contributed by atoms with Crippen LogP contribution in [0.25, 0.3) is 21.9 Å². The summed E-state index contributed by atoms with van der Waals surface area (Å²) in [5.74, 6) is 1.42. The third kappa shape index (κ3) is 6.14. The molecule has 0 saturated heterocycles. The van der Waals surface area contributed by atoms with E-state index in [0.717, 1.165) is 12.2 Å². The zero-order valence-corrected chi connectivity index (χ0v) is 19.7. The molecule has 1 heteroatoms. The van der Waals surface area contributed by atoms with E-state index >= 15 is 0 Å². The monoisotopic (exact) mass is 434 g/mol. The molecule has 0 bridgehead atoms. The third-order valence-corrected chi connectivity index (χ3v) is 6.39. The Labute approximate surface area is 198 Å². The smallest absolute Gasteiger partial charge is 0.119 e. The van der Waals surface area contributed by atoms with Gasteiger partial charge in [0.1, 0.15) is 12.4 Å². The highest BCUT2D eigenvalue weighted by Gasteiger charge is 2.13. The number of rotatable bonds is 11. The summed E-state index contributed by atoms with van der Waals surface area (Å²) in [6.45, 7) is 6.51. The maximum absolute atomic E-state index is 5.61. The first-order chi connectivity index (χ1) is 16.3. The lowest BCUT2D eigenvalue weighted by molar-refractivity contribution is 0.363. The molecule has 168 valence electrons. The van der Waals surface area contributed by atoms with E-state index in [1.54, 1.807) is 6.08 Å². The highest BCUT2D eigenvalue weighted by molar-refractivity contribution is 5.83. The Hall–Kier alpha value is -3.32. The van der Waals surface area contributed by atoms with Crippen LogP contribution in [0.1, 0.15) is 49.7 Å². The normalized spacial score (nSPS) is 11.9. The summed E-state index contributed by atoms with van der Waals surface area (Å²) in [6, 6.07) is 33.1. The number of hydrogen-bond acceptors (Lipinski definition) is 1. The molecule has 33 heavy (non-hydrogen) atoms. The largest absolute Gasteiger partial charge is 0.490 e. The molecule has 0 heterocycles. The van der Waals surface area contributed by atoms with E-state index in [4.69, 9.17) is 4.74 Å². The van der Waals surface area contributed by atoms with E-state index in [9.17, 15) is 0 Å². The highest BCUT2D eigenvalue weighted by Crippen LogP contribution is 2.30. The van der Waals surface area contributed by atoms with Crippen LogP contribution in [0.15, 0.2) is 104 Å². The lowest BCUT2D eigenvalue weighted by atomic mass is 9.86. The van der Waals surface area contributed by atoms with Crippen molar-refractivity contribution in [1.82, 2.24) is 0 Å². The second kappa shape index (κ2) is 11.5. The van der Waals surface area contributed by atoms with Gasteiger partial charge in [0.15, 0.2) is 0 Å². The molecule has 4 aromatic carbocycles.